The number of hydrogen-bond donors (Lipinski definition) is 0. The predicted molar refractivity (Wildman–Crippen MR) is 95.2 cm³/mol. The van der Waals surface area contributed by atoms with Crippen molar-refractivity contribution in [3.8, 4) is 17.9 Å². The average Bonchev–Trinajstić information content (AvgIpc) is 2.61. The van der Waals surface area contributed by atoms with Gasteiger partial charge >= 0.3 is 5.97 Å². The molecule has 0 unspecified atom stereocenters. The number of ether oxygens (including phenoxy) is 1. The van der Waals surface area contributed by atoms with E-state index in [-0.39, 0.29) is 16.9 Å². The van der Waals surface area contributed by atoms with E-state index in [0.29, 0.717) is 17.4 Å². The summed E-state index contributed by atoms with van der Waals surface area (Å²) in [5.74, 6) is -0.464. The van der Waals surface area contributed by atoms with Gasteiger partial charge in [-0.3, -0.25) is 4.79 Å². The summed E-state index contributed by atoms with van der Waals surface area (Å²) < 4.78 is 6.24. The fourth-order valence-electron chi connectivity index (χ4n) is 1.84. The minimum atomic E-state index is -0.576. The molecule has 0 fully saturated rings. The third-order valence-electron chi connectivity index (χ3n) is 3.00. The number of rotatable bonds is 4. The number of aldehydes is 1. The fraction of sp³-hybridized carbons (Fsp3) is 0. The first kappa shape index (κ1) is 17.4. The quantitative estimate of drug-likeness (QED) is 0.243. The van der Waals surface area contributed by atoms with Crippen molar-refractivity contribution < 1.29 is 14.3 Å². The van der Waals surface area contributed by atoms with E-state index >= 15 is 0 Å². The van der Waals surface area contributed by atoms with Gasteiger partial charge in [0.15, 0.2) is 6.29 Å². The second kappa shape index (κ2) is 8.04. The molecule has 0 N–H and O–H groups in total. The second-order valence-electron chi connectivity index (χ2n) is 4.59. The lowest BCUT2D eigenvalue weighted by Crippen LogP contribution is -2.09. The van der Waals surface area contributed by atoms with Crippen molar-refractivity contribution in [3.63, 3.8) is 0 Å². The zero-order valence-electron chi connectivity index (χ0n) is 12.2. The number of esters is 1. The van der Waals surface area contributed by atoms with Crippen molar-refractivity contribution in [3.05, 3.63) is 68.3 Å². The summed E-state index contributed by atoms with van der Waals surface area (Å²) >= 11 is 2.12. The molecule has 0 amide bonds. The molecule has 24 heavy (non-hydrogen) atoms. The van der Waals surface area contributed by atoms with Gasteiger partial charge in [-0.25, -0.2) is 4.79 Å². The second-order valence-corrected chi connectivity index (χ2v) is 5.84. The van der Waals surface area contributed by atoms with Gasteiger partial charge in [0.25, 0.3) is 0 Å². The minimum absolute atomic E-state index is 0.0875. The van der Waals surface area contributed by atoms with E-state index in [1.54, 1.807) is 42.5 Å². The maximum absolute atomic E-state index is 12.1. The van der Waals surface area contributed by atoms with Crippen LogP contribution in [-0.4, -0.2) is 12.3 Å². The first-order valence-electron chi connectivity index (χ1n) is 6.66. The Bertz CT molecular complexity index is 887. The van der Waals surface area contributed by atoms with Gasteiger partial charge in [0.1, 0.15) is 23.5 Å². The number of nitrogens with zero attached hydrogens (tertiary/aromatic N) is 2. The van der Waals surface area contributed by atoms with Gasteiger partial charge in [-0.1, -0.05) is 6.07 Å². The highest BCUT2D eigenvalue weighted by atomic mass is 127. The van der Waals surface area contributed by atoms with Crippen LogP contribution >= 0.6 is 22.6 Å². The number of carbonyl (C=O) groups excluding carboxylic acids is 2. The van der Waals surface area contributed by atoms with Crippen LogP contribution in [0.1, 0.15) is 26.3 Å². The largest absolute Gasteiger partial charge is 0.422 e. The molecule has 0 bridgehead atoms. The van der Waals surface area contributed by atoms with Crippen LogP contribution in [0.5, 0.6) is 5.75 Å². The summed E-state index contributed by atoms with van der Waals surface area (Å²) in [6.07, 6.45) is 1.89. The van der Waals surface area contributed by atoms with E-state index < -0.39 is 5.97 Å². The third-order valence-corrected chi connectivity index (χ3v) is 3.71. The van der Waals surface area contributed by atoms with E-state index in [9.17, 15) is 9.59 Å². The van der Waals surface area contributed by atoms with Gasteiger partial charge < -0.3 is 4.74 Å². The van der Waals surface area contributed by atoms with Crippen molar-refractivity contribution >= 4 is 40.9 Å². The van der Waals surface area contributed by atoms with Crippen molar-refractivity contribution in [2.75, 3.05) is 0 Å². The van der Waals surface area contributed by atoms with Crippen LogP contribution in [0.15, 0.2) is 48.0 Å². The van der Waals surface area contributed by atoms with Crippen molar-refractivity contribution in [2.45, 2.75) is 0 Å². The summed E-state index contributed by atoms with van der Waals surface area (Å²) in [5, 5.41) is 17.5. The molecule has 2 aromatic carbocycles. The molecule has 0 aliphatic carbocycles. The van der Waals surface area contributed by atoms with Crippen LogP contribution < -0.4 is 4.74 Å². The molecule has 5 nitrogen and oxygen atoms in total. The number of halogens is 1. The number of benzene rings is 2. The molecule has 0 radical (unpaired) electrons. The molecule has 0 aromatic heterocycles. The van der Waals surface area contributed by atoms with Crippen LogP contribution in [-0.2, 0) is 0 Å². The molecule has 2 rings (SSSR count). The molecular formula is C18H9IN2O3. The normalized spacial score (nSPS) is 9.29. The summed E-state index contributed by atoms with van der Waals surface area (Å²) in [6, 6.07) is 14.7. The highest BCUT2D eigenvalue weighted by molar-refractivity contribution is 14.1. The first-order valence-corrected chi connectivity index (χ1v) is 7.74. The van der Waals surface area contributed by atoms with Crippen LogP contribution in [0.2, 0.25) is 0 Å². The number of hydrogen-bond acceptors (Lipinski definition) is 5. The Hall–Kier alpha value is -2.97. The lowest BCUT2D eigenvalue weighted by atomic mass is 10.1. The number of nitriles is 2. The highest BCUT2D eigenvalue weighted by Gasteiger charge is 2.12. The molecular weight excluding hydrogens is 419 g/mol. The van der Waals surface area contributed by atoms with E-state index in [0.717, 1.165) is 3.57 Å². The van der Waals surface area contributed by atoms with Gasteiger partial charge in [0, 0.05) is 3.57 Å². The lowest BCUT2D eigenvalue weighted by molar-refractivity contribution is 0.0733. The Morgan fingerprint density at radius 1 is 1.08 bits per heavy atom. The number of allylic oxidation sites excluding steroid dienone is 1. The Morgan fingerprint density at radius 3 is 2.33 bits per heavy atom. The van der Waals surface area contributed by atoms with Gasteiger partial charge in [0.05, 0.1) is 11.1 Å². The Labute approximate surface area is 151 Å². The van der Waals surface area contributed by atoms with E-state index in [1.807, 2.05) is 0 Å². The predicted octanol–water partition coefficient (Wildman–Crippen LogP) is 3.75. The van der Waals surface area contributed by atoms with Gasteiger partial charge in [-0.2, -0.15) is 10.5 Å². The van der Waals surface area contributed by atoms with Gasteiger partial charge in [0.2, 0.25) is 0 Å². The zero-order valence-corrected chi connectivity index (χ0v) is 14.4. The molecule has 0 spiro atoms. The monoisotopic (exact) mass is 428 g/mol. The van der Waals surface area contributed by atoms with Gasteiger partial charge in [-0.15, -0.1) is 0 Å². The van der Waals surface area contributed by atoms with Crippen LogP contribution in [0.25, 0.3) is 6.08 Å². The van der Waals surface area contributed by atoms with Crippen molar-refractivity contribution in [1.29, 1.82) is 10.5 Å². The maximum atomic E-state index is 12.1. The summed E-state index contributed by atoms with van der Waals surface area (Å²) in [7, 11) is 0. The minimum Gasteiger partial charge on any atom is -0.422 e. The Kier molecular flexibility index (Phi) is 5.83. The van der Waals surface area contributed by atoms with Crippen molar-refractivity contribution in [2.24, 2.45) is 0 Å². The van der Waals surface area contributed by atoms with Crippen LogP contribution in [0.3, 0.4) is 0 Å². The molecule has 2 aromatic rings. The molecule has 0 saturated heterocycles. The van der Waals surface area contributed by atoms with Crippen molar-refractivity contribution in [1.82, 2.24) is 0 Å². The molecule has 6 heteroatoms. The standard InChI is InChI=1S/C18H9IN2O3/c19-16-4-2-14(3-5-16)18(23)24-17-6-1-12(8-15(17)11-22)7-13(9-20)10-21/h1-8,11H. The van der Waals surface area contributed by atoms with Crippen LogP contribution in [0, 0.1) is 26.2 Å². The van der Waals surface area contributed by atoms with E-state index in [1.165, 1.54) is 18.2 Å². The smallest absolute Gasteiger partial charge is 0.343 e. The Balaban J connectivity index is 2.28. The molecule has 0 atom stereocenters. The number of carbonyl (C=O) groups is 2. The third kappa shape index (κ3) is 4.28. The molecule has 0 saturated carbocycles. The average molecular weight is 428 g/mol. The van der Waals surface area contributed by atoms with E-state index in [2.05, 4.69) is 22.6 Å². The summed E-state index contributed by atoms with van der Waals surface area (Å²) in [5.41, 5.74) is 0.921. The lowest BCUT2D eigenvalue weighted by Gasteiger charge is -2.07. The molecule has 0 aliphatic rings. The van der Waals surface area contributed by atoms with E-state index in [4.69, 9.17) is 15.3 Å². The molecule has 0 aliphatic heterocycles. The topological polar surface area (TPSA) is 90.9 Å². The first-order chi connectivity index (χ1) is 11.6. The molecule has 0 heterocycles. The summed E-state index contributed by atoms with van der Waals surface area (Å²) in [6.45, 7) is 0. The maximum Gasteiger partial charge on any atom is 0.343 e. The van der Waals surface area contributed by atoms with Gasteiger partial charge in [-0.05, 0) is 70.6 Å². The SMILES string of the molecule is N#CC(C#N)=Cc1ccc(OC(=O)c2ccc(I)cc2)c(C=O)c1. The molecule has 116 valence electrons. The zero-order chi connectivity index (χ0) is 17.5. The fourth-order valence-corrected chi connectivity index (χ4v) is 2.20. The summed E-state index contributed by atoms with van der Waals surface area (Å²) in [4.78, 5) is 23.3. The highest BCUT2D eigenvalue weighted by Crippen LogP contribution is 2.21. The Morgan fingerprint density at radius 2 is 1.75 bits per heavy atom. The van der Waals surface area contributed by atoms with Crippen LogP contribution in [0.4, 0.5) is 0 Å².